The van der Waals surface area contributed by atoms with E-state index in [0.29, 0.717) is 49.2 Å². The van der Waals surface area contributed by atoms with Crippen LogP contribution in [0.2, 0.25) is 0 Å². The Hall–Kier alpha value is -2.29. The van der Waals surface area contributed by atoms with Gasteiger partial charge in [0.05, 0.1) is 24.1 Å². The SMILES string of the molecule is CC1Cc2cc(C(=O)CN3CCC(O)(c4ccccc4F)CC3)ccc2N1S(C)(=O)=O. The van der Waals surface area contributed by atoms with E-state index in [1.54, 1.807) is 36.4 Å². The van der Waals surface area contributed by atoms with Crippen LogP contribution >= 0.6 is 0 Å². The summed E-state index contributed by atoms with van der Waals surface area (Å²) in [4.78, 5) is 14.8. The third kappa shape index (κ3) is 4.24. The van der Waals surface area contributed by atoms with E-state index in [2.05, 4.69) is 0 Å². The molecule has 6 nitrogen and oxygen atoms in total. The van der Waals surface area contributed by atoms with Crippen molar-refractivity contribution >= 4 is 21.5 Å². The fraction of sp³-hybridized carbons (Fsp3) is 0.435. The Kier molecular flexibility index (Phi) is 5.66. The number of ketones is 1. The summed E-state index contributed by atoms with van der Waals surface area (Å²) in [5, 5.41) is 10.9. The topological polar surface area (TPSA) is 77.9 Å². The molecule has 0 saturated carbocycles. The van der Waals surface area contributed by atoms with Gasteiger partial charge in [-0.1, -0.05) is 18.2 Å². The van der Waals surface area contributed by atoms with Gasteiger partial charge in [0.25, 0.3) is 0 Å². The lowest BCUT2D eigenvalue weighted by molar-refractivity contribution is -0.0271. The molecule has 4 rings (SSSR count). The van der Waals surface area contributed by atoms with Gasteiger partial charge in [0, 0.05) is 30.3 Å². The van der Waals surface area contributed by atoms with E-state index in [-0.39, 0.29) is 18.4 Å². The van der Waals surface area contributed by atoms with Crippen molar-refractivity contribution in [2.45, 2.75) is 37.8 Å². The van der Waals surface area contributed by atoms with E-state index >= 15 is 0 Å². The second kappa shape index (κ2) is 8.00. The molecule has 166 valence electrons. The number of anilines is 1. The highest BCUT2D eigenvalue weighted by molar-refractivity contribution is 7.92. The summed E-state index contributed by atoms with van der Waals surface area (Å²) in [7, 11) is -3.37. The zero-order chi connectivity index (χ0) is 22.4. The fourth-order valence-corrected chi connectivity index (χ4v) is 6.03. The molecule has 1 fully saturated rings. The lowest BCUT2D eigenvalue weighted by Crippen LogP contribution is -2.44. The van der Waals surface area contributed by atoms with Crippen LogP contribution in [0.15, 0.2) is 42.5 Å². The highest BCUT2D eigenvalue weighted by atomic mass is 32.2. The van der Waals surface area contributed by atoms with Crippen molar-refractivity contribution in [3.05, 3.63) is 65.0 Å². The van der Waals surface area contributed by atoms with Gasteiger partial charge >= 0.3 is 0 Å². The van der Waals surface area contributed by atoms with Gasteiger partial charge in [-0.05, 0) is 56.0 Å². The van der Waals surface area contributed by atoms with Gasteiger partial charge in [-0.2, -0.15) is 0 Å². The first-order chi connectivity index (χ1) is 14.6. The Morgan fingerprint density at radius 2 is 1.87 bits per heavy atom. The summed E-state index contributed by atoms with van der Waals surface area (Å²) in [6.07, 6.45) is 2.47. The largest absolute Gasteiger partial charge is 0.385 e. The van der Waals surface area contributed by atoms with Crippen molar-refractivity contribution in [2.75, 3.05) is 30.2 Å². The number of benzene rings is 2. The van der Waals surface area contributed by atoms with Crippen molar-refractivity contribution in [1.82, 2.24) is 4.90 Å². The molecular weight excluding hydrogens is 419 g/mol. The molecule has 1 unspecified atom stereocenters. The number of rotatable bonds is 5. The second-order valence-corrected chi connectivity index (χ2v) is 10.5. The average Bonchev–Trinajstić information content (AvgIpc) is 3.05. The van der Waals surface area contributed by atoms with Gasteiger partial charge in [0.15, 0.2) is 5.78 Å². The summed E-state index contributed by atoms with van der Waals surface area (Å²) >= 11 is 0. The molecular formula is C23H27FN2O4S. The van der Waals surface area contributed by atoms with E-state index in [9.17, 15) is 22.7 Å². The minimum Gasteiger partial charge on any atom is -0.385 e. The minimum absolute atomic E-state index is 0.0513. The molecule has 2 aliphatic heterocycles. The first-order valence-corrected chi connectivity index (χ1v) is 12.3. The highest BCUT2D eigenvalue weighted by Gasteiger charge is 2.37. The number of hydrogen-bond donors (Lipinski definition) is 1. The third-order valence-electron chi connectivity index (χ3n) is 6.34. The molecule has 0 aromatic heterocycles. The van der Waals surface area contributed by atoms with Crippen LogP contribution < -0.4 is 4.31 Å². The zero-order valence-corrected chi connectivity index (χ0v) is 18.5. The van der Waals surface area contributed by atoms with Crippen LogP contribution in [-0.4, -0.2) is 56.1 Å². The molecule has 1 N–H and O–H groups in total. The Labute approximate surface area is 182 Å². The summed E-state index contributed by atoms with van der Waals surface area (Å²) in [6, 6.07) is 11.3. The number of aliphatic hydroxyl groups is 1. The maximum absolute atomic E-state index is 14.1. The van der Waals surface area contributed by atoms with Crippen molar-refractivity contribution in [2.24, 2.45) is 0 Å². The summed E-state index contributed by atoms with van der Waals surface area (Å²) < 4.78 is 39.7. The fourth-order valence-electron chi connectivity index (χ4n) is 4.76. The Morgan fingerprint density at radius 1 is 1.19 bits per heavy atom. The van der Waals surface area contributed by atoms with Crippen LogP contribution in [0.4, 0.5) is 10.1 Å². The van der Waals surface area contributed by atoms with Crippen LogP contribution in [0.3, 0.4) is 0 Å². The van der Waals surface area contributed by atoms with Gasteiger partial charge < -0.3 is 5.11 Å². The molecule has 1 saturated heterocycles. The van der Waals surface area contributed by atoms with Crippen LogP contribution in [0.5, 0.6) is 0 Å². The molecule has 0 aliphatic carbocycles. The molecule has 0 bridgehead atoms. The molecule has 8 heteroatoms. The second-order valence-electron chi connectivity index (χ2n) is 8.67. The number of carbonyl (C=O) groups excluding carboxylic acids is 1. The zero-order valence-electron chi connectivity index (χ0n) is 17.7. The molecule has 2 aromatic rings. The van der Waals surface area contributed by atoms with Gasteiger partial charge in [0.1, 0.15) is 5.82 Å². The van der Waals surface area contributed by atoms with Crippen LogP contribution in [-0.2, 0) is 22.0 Å². The Morgan fingerprint density at radius 3 is 2.52 bits per heavy atom. The predicted molar refractivity (Wildman–Crippen MR) is 117 cm³/mol. The Balaban J connectivity index is 1.43. The van der Waals surface area contributed by atoms with Crippen molar-refractivity contribution < 1.29 is 22.7 Å². The molecule has 2 aliphatic rings. The number of Topliss-reactive ketones (excluding diaryl/α,β-unsaturated/α-hetero) is 1. The number of likely N-dealkylation sites (tertiary alicyclic amines) is 1. The van der Waals surface area contributed by atoms with E-state index in [1.165, 1.54) is 16.6 Å². The highest BCUT2D eigenvalue weighted by Crippen LogP contribution is 2.36. The number of nitrogens with zero attached hydrogens (tertiary/aromatic N) is 2. The van der Waals surface area contributed by atoms with E-state index < -0.39 is 21.4 Å². The van der Waals surface area contributed by atoms with E-state index in [4.69, 9.17) is 0 Å². The number of carbonyl (C=O) groups is 1. The van der Waals surface area contributed by atoms with Gasteiger partial charge in [-0.25, -0.2) is 12.8 Å². The van der Waals surface area contributed by atoms with Crippen LogP contribution in [0, 0.1) is 5.82 Å². The van der Waals surface area contributed by atoms with Crippen molar-refractivity contribution in [3.8, 4) is 0 Å². The summed E-state index contributed by atoms with van der Waals surface area (Å²) in [5.41, 5.74) is 1.14. The summed E-state index contributed by atoms with van der Waals surface area (Å²) in [6.45, 7) is 3.03. The maximum atomic E-state index is 14.1. The normalized spacial score (nSPS) is 21.2. The van der Waals surface area contributed by atoms with Gasteiger partial charge in [0.2, 0.25) is 10.0 Å². The number of sulfonamides is 1. The first-order valence-electron chi connectivity index (χ1n) is 10.4. The van der Waals surface area contributed by atoms with E-state index in [0.717, 1.165) is 5.56 Å². The molecule has 31 heavy (non-hydrogen) atoms. The first kappa shape index (κ1) is 21.9. The third-order valence-corrected chi connectivity index (χ3v) is 7.61. The monoisotopic (exact) mass is 446 g/mol. The Bertz CT molecular complexity index is 1110. The van der Waals surface area contributed by atoms with Gasteiger partial charge in [-0.3, -0.25) is 14.0 Å². The predicted octanol–water partition coefficient (Wildman–Crippen LogP) is 2.70. The number of piperidine rings is 1. The molecule has 0 radical (unpaired) electrons. The maximum Gasteiger partial charge on any atom is 0.232 e. The minimum atomic E-state index is -3.37. The smallest absolute Gasteiger partial charge is 0.232 e. The molecule has 2 aromatic carbocycles. The number of fused-ring (bicyclic) bond motifs is 1. The number of hydrogen-bond acceptors (Lipinski definition) is 5. The standard InChI is InChI=1S/C23H27FN2O4S/c1-16-13-18-14-17(7-8-21(18)26(16)31(2,29)30)22(27)15-25-11-9-23(28,10-12-25)19-5-3-4-6-20(19)24/h3-8,14,16,28H,9-13,15H2,1-2H3. The molecule has 2 heterocycles. The van der Waals surface area contributed by atoms with Crippen molar-refractivity contribution in [1.29, 1.82) is 0 Å². The lowest BCUT2D eigenvalue weighted by atomic mass is 9.84. The molecule has 0 amide bonds. The number of halogens is 1. The lowest BCUT2D eigenvalue weighted by Gasteiger charge is -2.38. The van der Waals surface area contributed by atoms with Crippen molar-refractivity contribution in [3.63, 3.8) is 0 Å². The van der Waals surface area contributed by atoms with Crippen LogP contribution in [0.1, 0.15) is 41.3 Å². The quantitative estimate of drug-likeness (QED) is 0.715. The van der Waals surface area contributed by atoms with Gasteiger partial charge in [-0.15, -0.1) is 0 Å². The molecule has 0 spiro atoms. The van der Waals surface area contributed by atoms with Crippen LogP contribution in [0.25, 0.3) is 0 Å². The summed E-state index contributed by atoms with van der Waals surface area (Å²) in [5.74, 6) is -0.463. The average molecular weight is 447 g/mol. The molecule has 1 atom stereocenters. The van der Waals surface area contributed by atoms with E-state index in [1.807, 2.05) is 11.8 Å².